The molecule has 1 fully saturated rings. The summed E-state index contributed by atoms with van der Waals surface area (Å²) in [5.74, 6) is 0.878. The topological polar surface area (TPSA) is 61.6 Å². The van der Waals surface area contributed by atoms with Crippen molar-refractivity contribution in [3.8, 4) is 0 Å². The number of hydrogen-bond acceptors (Lipinski definition) is 5. The van der Waals surface area contributed by atoms with Crippen LogP contribution in [0.15, 0.2) is 40.9 Å². The molecule has 0 aliphatic carbocycles. The third kappa shape index (κ3) is 3.50. The zero-order chi connectivity index (χ0) is 19.0. The number of nitrogens with zero attached hydrogens (tertiary/aromatic N) is 3. The zero-order valence-corrected chi connectivity index (χ0v) is 16.1. The molecule has 1 aliphatic rings. The molecule has 140 valence electrons. The molecule has 0 atom stereocenters. The van der Waals surface area contributed by atoms with Crippen LogP contribution >= 0.6 is 11.6 Å². The number of benzene rings is 1. The molecule has 0 saturated carbocycles. The van der Waals surface area contributed by atoms with Crippen LogP contribution in [0.2, 0.25) is 5.02 Å². The Hall–Kier alpha value is -2.57. The van der Waals surface area contributed by atoms with Gasteiger partial charge < -0.3 is 19.5 Å². The Bertz CT molecular complexity index is 976. The highest BCUT2D eigenvalue weighted by atomic mass is 35.5. The van der Waals surface area contributed by atoms with Crippen LogP contribution in [0.5, 0.6) is 0 Å². The summed E-state index contributed by atoms with van der Waals surface area (Å²) in [7, 11) is 2.12. The molecule has 1 N–H and O–H groups in total. The number of rotatable bonds is 3. The lowest BCUT2D eigenvalue weighted by Crippen LogP contribution is -2.44. The highest BCUT2D eigenvalue weighted by Crippen LogP contribution is 2.31. The number of halogens is 1. The van der Waals surface area contributed by atoms with Crippen molar-refractivity contribution in [2.75, 3.05) is 43.4 Å². The van der Waals surface area contributed by atoms with E-state index in [0.29, 0.717) is 16.3 Å². The Balaban J connectivity index is 1.50. The predicted molar refractivity (Wildman–Crippen MR) is 108 cm³/mol. The van der Waals surface area contributed by atoms with Gasteiger partial charge in [-0.25, -0.2) is 4.98 Å². The summed E-state index contributed by atoms with van der Waals surface area (Å²) in [5.41, 5.74) is 1.93. The molecule has 27 heavy (non-hydrogen) atoms. The van der Waals surface area contributed by atoms with Gasteiger partial charge in [-0.1, -0.05) is 23.7 Å². The molecule has 3 aromatic rings. The lowest BCUT2D eigenvalue weighted by atomic mass is 10.1. The second kappa shape index (κ2) is 7.21. The summed E-state index contributed by atoms with van der Waals surface area (Å²) in [6.45, 7) is 5.80. The van der Waals surface area contributed by atoms with Crippen LogP contribution in [0.4, 0.5) is 11.5 Å². The first kappa shape index (κ1) is 17.8. The van der Waals surface area contributed by atoms with E-state index in [9.17, 15) is 4.79 Å². The summed E-state index contributed by atoms with van der Waals surface area (Å²) in [6, 6.07) is 9.28. The largest absolute Gasteiger partial charge is 0.449 e. The van der Waals surface area contributed by atoms with Crippen molar-refractivity contribution in [1.29, 1.82) is 0 Å². The van der Waals surface area contributed by atoms with Gasteiger partial charge in [0, 0.05) is 37.1 Å². The number of anilines is 2. The average molecular weight is 385 g/mol. The molecule has 0 spiro atoms. The van der Waals surface area contributed by atoms with Gasteiger partial charge in [0.25, 0.3) is 5.91 Å². The fourth-order valence-electron chi connectivity index (χ4n) is 3.30. The van der Waals surface area contributed by atoms with Crippen molar-refractivity contribution in [3.63, 3.8) is 0 Å². The molecule has 3 heterocycles. The molecule has 2 aromatic heterocycles. The molecule has 6 nitrogen and oxygen atoms in total. The van der Waals surface area contributed by atoms with Crippen LogP contribution in [0.3, 0.4) is 0 Å². The van der Waals surface area contributed by atoms with E-state index < -0.39 is 0 Å². The fraction of sp³-hybridized carbons (Fsp3) is 0.300. The number of nitrogens with one attached hydrogen (secondary N) is 1. The first-order valence-electron chi connectivity index (χ1n) is 8.91. The van der Waals surface area contributed by atoms with Crippen molar-refractivity contribution in [1.82, 2.24) is 9.88 Å². The molecular weight excluding hydrogens is 364 g/mol. The summed E-state index contributed by atoms with van der Waals surface area (Å²) in [5, 5.41) is 4.19. The Kier molecular flexibility index (Phi) is 4.76. The van der Waals surface area contributed by atoms with E-state index in [1.165, 1.54) is 0 Å². The minimum Gasteiger partial charge on any atom is -0.449 e. The smallest absolute Gasteiger partial charge is 0.291 e. The van der Waals surface area contributed by atoms with Crippen LogP contribution < -0.4 is 10.2 Å². The Labute approximate surface area is 162 Å². The summed E-state index contributed by atoms with van der Waals surface area (Å²) in [4.78, 5) is 21.7. The molecule has 1 aliphatic heterocycles. The molecule has 0 unspecified atom stereocenters. The number of carbonyl (C=O) groups excluding carboxylic acids is 1. The second-order valence-corrected chi connectivity index (χ2v) is 7.23. The third-order valence-electron chi connectivity index (χ3n) is 4.95. The summed E-state index contributed by atoms with van der Waals surface area (Å²) >= 11 is 6.16. The SMILES string of the molecule is Cc1c(C(=O)Nc2ccc(N3CCN(C)CC3)nc2)oc2c(Cl)cccc12. The minimum atomic E-state index is -0.311. The molecule has 1 saturated heterocycles. The van der Waals surface area contributed by atoms with E-state index in [1.807, 2.05) is 31.2 Å². The van der Waals surface area contributed by atoms with Gasteiger partial charge >= 0.3 is 0 Å². The molecule has 4 rings (SSSR count). The molecule has 7 heteroatoms. The number of likely N-dealkylation sites (N-methyl/N-ethyl adjacent to an activating group) is 1. The van der Waals surface area contributed by atoms with E-state index in [4.69, 9.17) is 16.0 Å². The van der Waals surface area contributed by atoms with Gasteiger partial charge in [0.2, 0.25) is 0 Å². The van der Waals surface area contributed by atoms with Crippen molar-refractivity contribution in [2.45, 2.75) is 6.92 Å². The van der Waals surface area contributed by atoms with Gasteiger partial charge in [0.15, 0.2) is 11.3 Å². The van der Waals surface area contributed by atoms with Crippen LogP contribution in [-0.4, -0.2) is 49.0 Å². The number of pyridine rings is 1. The van der Waals surface area contributed by atoms with Crippen molar-refractivity contribution in [2.24, 2.45) is 0 Å². The third-order valence-corrected chi connectivity index (χ3v) is 5.25. The molecule has 0 radical (unpaired) electrons. The van der Waals surface area contributed by atoms with Gasteiger partial charge in [-0.3, -0.25) is 4.79 Å². The first-order valence-corrected chi connectivity index (χ1v) is 9.29. The maximum atomic E-state index is 12.6. The number of aromatic nitrogens is 1. The first-order chi connectivity index (χ1) is 13.0. The minimum absolute atomic E-state index is 0.265. The number of carbonyl (C=O) groups is 1. The Morgan fingerprint density at radius 2 is 1.96 bits per heavy atom. The Morgan fingerprint density at radius 1 is 1.19 bits per heavy atom. The van der Waals surface area contributed by atoms with Crippen LogP contribution in [0, 0.1) is 6.92 Å². The zero-order valence-electron chi connectivity index (χ0n) is 15.3. The number of furan rings is 1. The predicted octanol–water partition coefficient (Wildman–Crippen LogP) is 3.79. The quantitative estimate of drug-likeness (QED) is 0.744. The van der Waals surface area contributed by atoms with Gasteiger partial charge in [0.1, 0.15) is 5.82 Å². The molecule has 1 aromatic carbocycles. The van der Waals surface area contributed by atoms with Crippen molar-refractivity contribution < 1.29 is 9.21 Å². The highest BCUT2D eigenvalue weighted by molar-refractivity contribution is 6.35. The van der Waals surface area contributed by atoms with Gasteiger partial charge in [0.05, 0.1) is 16.9 Å². The van der Waals surface area contributed by atoms with Crippen molar-refractivity contribution >= 4 is 40.0 Å². The standard InChI is InChI=1S/C20H21ClN4O2/c1-13-15-4-3-5-16(21)19(15)27-18(13)20(26)23-14-6-7-17(22-12-14)25-10-8-24(2)9-11-25/h3-7,12H,8-11H2,1-2H3,(H,23,26). The van der Waals surface area contributed by atoms with Gasteiger partial charge in [-0.2, -0.15) is 0 Å². The second-order valence-electron chi connectivity index (χ2n) is 6.82. The number of fused-ring (bicyclic) bond motifs is 1. The maximum Gasteiger partial charge on any atom is 0.291 e. The van der Waals surface area contributed by atoms with E-state index in [2.05, 4.69) is 27.1 Å². The number of amides is 1. The van der Waals surface area contributed by atoms with Gasteiger partial charge in [-0.05, 0) is 32.2 Å². The summed E-state index contributed by atoms with van der Waals surface area (Å²) in [6.07, 6.45) is 1.68. The Morgan fingerprint density at radius 3 is 2.63 bits per heavy atom. The highest BCUT2D eigenvalue weighted by Gasteiger charge is 2.20. The average Bonchev–Trinajstić information content (AvgIpc) is 3.02. The van der Waals surface area contributed by atoms with E-state index in [1.54, 1.807) is 12.3 Å². The fourth-order valence-corrected chi connectivity index (χ4v) is 3.51. The van der Waals surface area contributed by atoms with Gasteiger partial charge in [-0.15, -0.1) is 0 Å². The lowest BCUT2D eigenvalue weighted by molar-refractivity contribution is 0.0998. The number of aryl methyl sites for hydroxylation is 1. The summed E-state index contributed by atoms with van der Waals surface area (Å²) < 4.78 is 5.72. The lowest BCUT2D eigenvalue weighted by Gasteiger charge is -2.33. The monoisotopic (exact) mass is 384 g/mol. The van der Waals surface area contributed by atoms with Crippen LogP contribution in [0.1, 0.15) is 16.1 Å². The van der Waals surface area contributed by atoms with E-state index >= 15 is 0 Å². The van der Waals surface area contributed by atoms with Crippen molar-refractivity contribution in [3.05, 3.63) is 52.9 Å². The maximum absolute atomic E-state index is 12.6. The van der Waals surface area contributed by atoms with E-state index in [0.717, 1.165) is 42.9 Å². The molecule has 0 bridgehead atoms. The normalized spacial score (nSPS) is 15.3. The van der Waals surface area contributed by atoms with Crippen LogP contribution in [0.25, 0.3) is 11.0 Å². The van der Waals surface area contributed by atoms with Crippen LogP contribution in [-0.2, 0) is 0 Å². The molecular formula is C20H21ClN4O2. The van der Waals surface area contributed by atoms with E-state index in [-0.39, 0.29) is 11.7 Å². The number of para-hydroxylation sites is 1. The number of piperazine rings is 1. The molecule has 1 amide bonds. The number of hydrogen-bond donors (Lipinski definition) is 1.